The lowest BCUT2D eigenvalue weighted by molar-refractivity contribution is -0.162. The topological polar surface area (TPSA) is 65.1 Å². The number of rotatable bonds is 4. The van der Waals surface area contributed by atoms with Crippen LogP contribution >= 0.6 is 0 Å². The maximum Gasteiger partial charge on any atom is 0.351 e. The maximum absolute atomic E-state index is 12.4. The van der Waals surface area contributed by atoms with E-state index in [0.29, 0.717) is 11.5 Å². The number of fused-ring (bicyclic) bond motifs is 1. The molecule has 0 aromatic heterocycles. The third-order valence-electron chi connectivity index (χ3n) is 3.89. The number of benzene rings is 2. The van der Waals surface area contributed by atoms with Gasteiger partial charge in [-0.2, -0.15) is 0 Å². The molecule has 2 aromatic rings. The first-order chi connectivity index (χ1) is 12.1. The Morgan fingerprint density at radius 1 is 1.08 bits per heavy atom. The Balaban J connectivity index is 1.60. The van der Waals surface area contributed by atoms with E-state index in [9.17, 15) is 9.59 Å². The highest BCUT2D eigenvalue weighted by Gasteiger charge is 2.32. The van der Waals surface area contributed by atoms with E-state index in [1.54, 1.807) is 25.2 Å². The number of para-hydroxylation sites is 3. The molecule has 1 aliphatic rings. The second kappa shape index (κ2) is 7.25. The highest BCUT2D eigenvalue weighted by molar-refractivity contribution is 5.97. The number of nitrogens with zero attached hydrogens (tertiary/aromatic N) is 1. The lowest BCUT2D eigenvalue weighted by Crippen LogP contribution is -2.43. The summed E-state index contributed by atoms with van der Waals surface area (Å²) in [7, 11) is 1.64. The van der Waals surface area contributed by atoms with Crippen molar-refractivity contribution in [1.29, 1.82) is 0 Å². The van der Waals surface area contributed by atoms with Gasteiger partial charge in [0.25, 0.3) is 5.91 Å². The van der Waals surface area contributed by atoms with Crippen LogP contribution in [-0.2, 0) is 14.3 Å². The van der Waals surface area contributed by atoms with Gasteiger partial charge in [0.1, 0.15) is 6.61 Å². The zero-order chi connectivity index (χ0) is 17.8. The van der Waals surface area contributed by atoms with E-state index in [0.717, 1.165) is 5.69 Å². The molecule has 0 saturated heterocycles. The molecule has 1 aliphatic heterocycles. The molecule has 0 bridgehead atoms. The van der Waals surface area contributed by atoms with Crippen molar-refractivity contribution < 1.29 is 23.8 Å². The zero-order valence-corrected chi connectivity index (χ0v) is 14.0. The van der Waals surface area contributed by atoms with E-state index in [-0.39, 0.29) is 12.5 Å². The van der Waals surface area contributed by atoms with Gasteiger partial charge in [0.05, 0.1) is 0 Å². The van der Waals surface area contributed by atoms with Crippen molar-refractivity contribution in [1.82, 2.24) is 0 Å². The molecule has 2 atom stereocenters. The lowest BCUT2D eigenvalue weighted by atomic mass is 10.2. The van der Waals surface area contributed by atoms with Crippen molar-refractivity contribution in [2.45, 2.75) is 19.1 Å². The summed E-state index contributed by atoms with van der Waals surface area (Å²) in [6.45, 7) is 1.59. The predicted octanol–water partition coefficient (Wildman–Crippen LogP) is 2.42. The average Bonchev–Trinajstić information content (AvgIpc) is 2.67. The molecule has 6 heteroatoms. The van der Waals surface area contributed by atoms with E-state index in [1.165, 1.54) is 11.8 Å². The van der Waals surface area contributed by atoms with Crippen molar-refractivity contribution in [3.63, 3.8) is 0 Å². The summed E-state index contributed by atoms with van der Waals surface area (Å²) in [5.41, 5.74) is 0.724. The fourth-order valence-electron chi connectivity index (χ4n) is 2.49. The number of ether oxygens (including phenoxy) is 3. The van der Waals surface area contributed by atoms with Crippen molar-refractivity contribution >= 4 is 17.6 Å². The minimum Gasteiger partial charge on any atom is -0.485 e. The van der Waals surface area contributed by atoms with Crippen molar-refractivity contribution in [2.75, 3.05) is 18.6 Å². The van der Waals surface area contributed by atoms with Gasteiger partial charge in [-0.3, -0.25) is 4.79 Å². The average molecular weight is 341 g/mol. The van der Waals surface area contributed by atoms with Crippen LogP contribution in [0.5, 0.6) is 11.5 Å². The molecule has 0 fully saturated rings. The fourth-order valence-corrected chi connectivity index (χ4v) is 2.49. The van der Waals surface area contributed by atoms with Crippen LogP contribution in [0, 0.1) is 0 Å². The number of anilines is 1. The highest BCUT2D eigenvalue weighted by atomic mass is 16.6. The lowest BCUT2D eigenvalue weighted by Gasteiger charge is -2.27. The number of carbonyl (C=O) groups excluding carboxylic acids is 2. The van der Waals surface area contributed by atoms with Crippen LogP contribution in [0.2, 0.25) is 0 Å². The molecule has 0 aliphatic carbocycles. The smallest absolute Gasteiger partial charge is 0.351 e. The van der Waals surface area contributed by atoms with Crippen molar-refractivity contribution in [3.8, 4) is 11.5 Å². The van der Waals surface area contributed by atoms with Crippen molar-refractivity contribution in [2.24, 2.45) is 0 Å². The van der Waals surface area contributed by atoms with Gasteiger partial charge in [0.15, 0.2) is 17.6 Å². The molecule has 25 heavy (non-hydrogen) atoms. The number of likely N-dealkylation sites (N-methyl/N-ethyl adjacent to an activating group) is 1. The first kappa shape index (κ1) is 16.8. The summed E-state index contributed by atoms with van der Waals surface area (Å²) in [5.74, 6) is 0.115. The van der Waals surface area contributed by atoms with Crippen LogP contribution in [0.1, 0.15) is 6.92 Å². The van der Waals surface area contributed by atoms with E-state index >= 15 is 0 Å². The third-order valence-corrected chi connectivity index (χ3v) is 3.89. The van der Waals surface area contributed by atoms with Crippen LogP contribution in [0.4, 0.5) is 5.69 Å². The Labute approximate surface area is 145 Å². The van der Waals surface area contributed by atoms with Gasteiger partial charge in [0, 0.05) is 12.7 Å². The van der Waals surface area contributed by atoms with Crippen LogP contribution in [0.25, 0.3) is 0 Å². The molecule has 0 saturated carbocycles. The van der Waals surface area contributed by atoms with Gasteiger partial charge >= 0.3 is 5.97 Å². The number of amides is 1. The molecule has 1 amide bonds. The minimum atomic E-state index is -0.932. The van der Waals surface area contributed by atoms with Gasteiger partial charge in [-0.05, 0) is 31.2 Å². The van der Waals surface area contributed by atoms with Gasteiger partial charge in [0.2, 0.25) is 6.10 Å². The predicted molar refractivity (Wildman–Crippen MR) is 91.8 cm³/mol. The molecular formula is C19H19NO5. The maximum atomic E-state index is 12.4. The van der Waals surface area contributed by atoms with Crippen molar-refractivity contribution in [3.05, 3.63) is 54.6 Å². The molecule has 0 spiro atoms. The molecule has 0 unspecified atom stereocenters. The molecule has 2 aromatic carbocycles. The van der Waals surface area contributed by atoms with Gasteiger partial charge < -0.3 is 19.1 Å². The first-order valence-electron chi connectivity index (χ1n) is 7.98. The molecule has 0 N–H and O–H groups in total. The molecule has 1 heterocycles. The van der Waals surface area contributed by atoms with Gasteiger partial charge in [-0.1, -0.05) is 30.3 Å². The quantitative estimate of drug-likeness (QED) is 0.799. The van der Waals surface area contributed by atoms with Crippen LogP contribution in [0.3, 0.4) is 0 Å². The normalized spacial score (nSPS) is 16.6. The first-order valence-corrected chi connectivity index (χ1v) is 7.98. The fraction of sp³-hybridized carbons (Fsp3) is 0.263. The van der Waals surface area contributed by atoms with Crippen LogP contribution < -0.4 is 14.4 Å². The Bertz CT molecular complexity index is 761. The van der Waals surface area contributed by atoms with E-state index in [4.69, 9.17) is 14.2 Å². The second-order valence-electron chi connectivity index (χ2n) is 5.68. The standard InChI is InChI=1S/C19H19NO5/c1-13(18(21)20(2)14-8-4-3-5-9-14)24-19(22)17-12-23-15-10-6-7-11-16(15)25-17/h3-11,13,17H,12H2,1-2H3/t13-,17-/m0/s1. The number of hydrogen-bond donors (Lipinski definition) is 0. The molecule has 3 rings (SSSR count). The Kier molecular flexibility index (Phi) is 4.88. The Morgan fingerprint density at radius 2 is 1.72 bits per heavy atom. The van der Waals surface area contributed by atoms with E-state index in [1.807, 2.05) is 36.4 Å². The summed E-state index contributed by atoms with van der Waals surface area (Å²) >= 11 is 0. The third kappa shape index (κ3) is 3.74. The van der Waals surface area contributed by atoms with Crippen LogP contribution in [-0.4, -0.2) is 37.7 Å². The Hall–Kier alpha value is -3.02. The van der Waals surface area contributed by atoms with E-state index in [2.05, 4.69) is 0 Å². The van der Waals surface area contributed by atoms with E-state index < -0.39 is 18.2 Å². The summed E-state index contributed by atoms with van der Waals surface area (Å²) in [4.78, 5) is 26.2. The van der Waals surface area contributed by atoms with Crippen LogP contribution in [0.15, 0.2) is 54.6 Å². The number of esters is 1. The summed E-state index contributed by atoms with van der Waals surface area (Å²) in [6, 6.07) is 16.2. The highest BCUT2D eigenvalue weighted by Crippen LogP contribution is 2.31. The monoisotopic (exact) mass is 341 g/mol. The van der Waals surface area contributed by atoms with Gasteiger partial charge in [-0.15, -0.1) is 0 Å². The summed E-state index contributed by atoms with van der Waals surface area (Å²) < 4.78 is 16.4. The summed E-state index contributed by atoms with van der Waals surface area (Å²) in [5, 5.41) is 0. The second-order valence-corrected chi connectivity index (χ2v) is 5.68. The molecule has 6 nitrogen and oxygen atoms in total. The summed E-state index contributed by atoms with van der Waals surface area (Å²) in [6.07, 6.45) is -1.83. The van der Waals surface area contributed by atoms with Gasteiger partial charge in [-0.25, -0.2) is 4.79 Å². The molecule has 130 valence electrons. The molecular weight excluding hydrogens is 322 g/mol. The zero-order valence-electron chi connectivity index (χ0n) is 14.0. The molecule has 0 radical (unpaired) electrons. The number of carbonyl (C=O) groups is 2. The SMILES string of the molecule is C[C@H](OC(=O)[C@@H]1COc2ccccc2O1)C(=O)N(C)c1ccccc1. The Morgan fingerprint density at radius 3 is 2.44 bits per heavy atom. The largest absolute Gasteiger partial charge is 0.485 e. The minimum absolute atomic E-state index is 0.0469. The number of hydrogen-bond acceptors (Lipinski definition) is 5.